The van der Waals surface area contributed by atoms with Gasteiger partial charge in [0.05, 0.1) is 16.7 Å². The van der Waals surface area contributed by atoms with Crippen molar-refractivity contribution in [1.29, 1.82) is 0 Å². The van der Waals surface area contributed by atoms with E-state index in [9.17, 15) is 4.79 Å². The molecule has 98 valence electrons. The molecule has 0 radical (unpaired) electrons. The molecule has 5 heteroatoms. The summed E-state index contributed by atoms with van der Waals surface area (Å²) in [5.74, 6) is 0.986. The van der Waals surface area contributed by atoms with Gasteiger partial charge in [0, 0.05) is 25.7 Å². The molecule has 1 saturated carbocycles. The van der Waals surface area contributed by atoms with Crippen LogP contribution >= 0.6 is 15.9 Å². The lowest BCUT2D eigenvalue weighted by atomic mass is 10.0. The number of nitrogens with zero attached hydrogens (tertiary/aromatic N) is 3. The first-order valence-electron chi connectivity index (χ1n) is 6.70. The van der Waals surface area contributed by atoms with Crippen molar-refractivity contribution >= 4 is 21.8 Å². The molecule has 0 aromatic carbocycles. The third kappa shape index (κ3) is 2.46. The summed E-state index contributed by atoms with van der Waals surface area (Å²) in [5, 5.41) is 4.27. The van der Waals surface area contributed by atoms with E-state index >= 15 is 0 Å². The fourth-order valence-corrected chi connectivity index (χ4v) is 3.23. The Kier molecular flexibility index (Phi) is 3.41. The van der Waals surface area contributed by atoms with E-state index < -0.39 is 0 Å². The summed E-state index contributed by atoms with van der Waals surface area (Å²) >= 11 is 3.39. The van der Waals surface area contributed by atoms with Crippen LogP contribution in [-0.4, -0.2) is 33.7 Å². The molecule has 2 aliphatic rings. The Balaban J connectivity index is 1.48. The van der Waals surface area contributed by atoms with Crippen molar-refractivity contribution in [3.63, 3.8) is 0 Å². The predicted molar refractivity (Wildman–Crippen MR) is 72.1 cm³/mol. The number of hydrogen-bond acceptors (Lipinski definition) is 2. The fourth-order valence-electron chi connectivity index (χ4n) is 2.93. The molecule has 2 heterocycles. The van der Waals surface area contributed by atoms with Crippen LogP contribution in [0.5, 0.6) is 0 Å². The SMILES string of the molecule is O=C(CC1CCCC1)N1CC(n2cc(Br)cn2)C1. The highest BCUT2D eigenvalue weighted by Crippen LogP contribution is 2.30. The van der Waals surface area contributed by atoms with Crippen LogP contribution in [0.15, 0.2) is 16.9 Å². The number of rotatable bonds is 3. The maximum atomic E-state index is 12.1. The second-order valence-electron chi connectivity index (χ2n) is 5.45. The Morgan fingerprint density at radius 2 is 2.11 bits per heavy atom. The van der Waals surface area contributed by atoms with Crippen LogP contribution in [0.3, 0.4) is 0 Å². The van der Waals surface area contributed by atoms with Gasteiger partial charge in [0.1, 0.15) is 0 Å². The number of aromatic nitrogens is 2. The normalized spacial score (nSPS) is 21.3. The first-order chi connectivity index (χ1) is 8.72. The van der Waals surface area contributed by atoms with Gasteiger partial charge >= 0.3 is 0 Å². The lowest BCUT2D eigenvalue weighted by Crippen LogP contribution is -2.51. The van der Waals surface area contributed by atoms with Gasteiger partial charge in [0.25, 0.3) is 0 Å². The smallest absolute Gasteiger partial charge is 0.222 e. The molecule has 2 fully saturated rings. The minimum atomic E-state index is 0.337. The molecule has 18 heavy (non-hydrogen) atoms. The summed E-state index contributed by atoms with van der Waals surface area (Å²) in [6.07, 6.45) is 9.63. The topological polar surface area (TPSA) is 38.1 Å². The molecule has 1 aliphatic heterocycles. The summed E-state index contributed by atoms with van der Waals surface area (Å²) in [6, 6.07) is 0.365. The maximum Gasteiger partial charge on any atom is 0.222 e. The van der Waals surface area contributed by atoms with Gasteiger partial charge in [-0.1, -0.05) is 12.8 Å². The highest BCUT2D eigenvalue weighted by Gasteiger charge is 2.33. The minimum Gasteiger partial charge on any atom is -0.338 e. The molecular formula is C13H18BrN3O. The van der Waals surface area contributed by atoms with Gasteiger partial charge in [-0.2, -0.15) is 5.10 Å². The first kappa shape index (κ1) is 12.2. The van der Waals surface area contributed by atoms with E-state index in [-0.39, 0.29) is 0 Å². The van der Waals surface area contributed by atoms with Gasteiger partial charge in [-0.25, -0.2) is 0 Å². The lowest BCUT2D eigenvalue weighted by molar-refractivity contribution is -0.138. The van der Waals surface area contributed by atoms with Crippen molar-refractivity contribution < 1.29 is 4.79 Å². The van der Waals surface area contributed by atoms with E-state index in [0.29, 0.717) is 17.9 Å². The number of halogens is 1. The van der Waals surface area contributed by atoms with Gasteiger partial charge in [0.15, 0.2) is 0 Å². The highest BCUT2D eigenvalue weighted by molar-refractivity contribution is 9.10. The van der Waals surface area contributed by atoms with Crippen LogP contribution in [-0.2, 0) is 4.79 Å². The maximum absolute atomic E-state index is 12.1. The van der Waals surface area contributed by atoms with Crippen LogP contribution < -0.4 is 0 Å². The van der Waals surface area contributed by atoms with Gasteiger partial charge in [-0.05, 0) is 34.7 Å². The average molecular weight is 312 g/mol. The zero-order valence-electron chi connectivity index (χ0n) is 10.4. The molecule has 0 atom stereocenters. The monoisotopic (exact) mass is 311 g/mol. The van der Waals surface area contributed by atoms with E-state index in [1.54, 1.807) is 6.20 Å². The van der Waals surface area contributed by atoms with Crippen molar-refractivity contribution in [3.05, 3.63) is 16.9 Å². The third-order valence-electron chi connectivity index (χ3n) is 4.10. The van der Waals surface area contributed by atoms with Gasteiger partial charge in [0.2, 0.25) is 5.91 Å². The largest absolute Gasteiger partial charge is 0.338 e. The van der Waals surface area contributed by atoms with E-state index in [2.05, 4.69) is 21.0 Å². The zero-order valence-corrected chi connectivity index (χ0v) is 12.0. The number of likely N-dealkylation sites (tertiary alicyclic amines) is 1. The average Bonchev–Trinajstić information content (AvgIpc) is 2.88. The molecule has 1 aromatic heterocycles. The zero-order chi connectivity index (χ0) is 12.5. The summed E-state index contributed by atoms with van der Waals surface area (Å²) in [5.41, 5.74) is 0. The third-order valence-corrected chi connectivity index (χ3v) is 4.51. The number of hydrogen-bond donors (Lipinski definition) is 0. The van der Waals surface area contributed by atoms with Crippen LogP contribution in [0.1, 0.15) is 38.1 Å². The Bertz CT molecular complexity index is 433. The lowest BCUT2D eigenvalue weighted by Gasteiger charge is -2.39. The van der Waals surface area contributed by atoms with E-state index in [0.717, 1.165) is 24.0 Å². The quantitative estimate of drug-likeness (QED) is 0.860. The minimum absolute atomic E-state index is 0.337. The molecule has 3 rings (SSSR count). The number of amides is 1. The standard InChI is InChI=1S/C13H18BrN3O/c14-11-6-15-17(7-11)12-8-16(9-12)13(18)5-10-3-1-2-4-10/h6-7,10,12H,1-5,8-9H2. The molecule has 1 aromatic rings. The molecule has 0 N–H and O–H groups in total. The first-order valence-corrected chi connectivity index (χ1v) is 7.49. The van der Waals surface area contributed by atoms with Crippen molar-refractivity contribution in [2.45, 2.75) is 38.1 Å². The number of carbonyl (C=O) groups excluding carboxylic acids is 1. The number of carbonyl (C=O) groups is 1. The van der Waals surface area contributed by atoms with Crippen molar-refractivity contribution in [3.8, 4) is 0 Å². The summed E-state index contributed by atoms with van der Waals surface area (Å²) < 4.78 is 2.95. The Hall–Kier alpha value is -0.840. The Morgan fingerprint density at radius 3 is 2.72 bits per heavy atom. The molecule has 1 aliphatic carbocycles. The van der Waals surface area contributed by atoms with E-state index in [1.165, 1.54) is 25.7 Å². The molecule has 0 unspecified atom stereocenters. The Labute approximate surface area is 115 Å². The van der Waals surface area contributed by atoms with Gasteiger partial charge in [-0.3, -0.25) is 9.48 Å². The summed E-state index contributed by atoms with van der Waals surface area (Å²) in [7, 11) is 0. The molecular weight excluding hydrogens is 294 g/mol. The van der Waals surface area contributed by atoms with Gasteiger partial charge < -0.3 is 4.90 Å². The Morgan fingerprint density at radius 1 is 1.39 bits per heavy atom. The van der Waals surface area contributed by atoms with Crippen molar-refractivity contribution in [2.24, 2.45) is 5.92 Å². The van der Waals surface area contributed by atoms with Crippen LogP contribution in [0, 0.1) is 5.92 Å². The fraction of sp³-hybridized carbons (Fsp3) is 0.692. The van der Waals surface area contributed by atoms with E-state index in [1.807, 2.05) is 15.8 Å². The molecule has 4 nitrogen and oxygen atoms in total. The second kappa shape index (κ2) is 5.03. The van der Waals surface area contributed by atoms with Crippen molar-refractivity contribution in [2.75, 3.05) is 13.1 Å². The summed E-state index contributed by atoms with van der Waals surface area (Å²) in [4.78, 5) is 14.0. The molecule has 1 amide bonds. The molecule has 0 spiro atoms. The van der Waals surface area contributed by atoms with Crippen LogP contribution in [0.25, 0.3) is 0 Å². The highest BCUT2D eigenvalue weighted by atomic mass is 79.9. The predicted octanol–water partition coefficient (Wildman–Crippen LogP) is 2.61. The van der Waals surface area contributed by atoms with Crippen molar-refractivity contribution in [1.82, 2.24) is 14.7 Å². The second-order valence-corrected chi connectivity index (χ2v) is 6.36. The van der Waals surface area contributed by atoms with E-state index in [4.69, 9.17) is 0 Å². The van der Waals surface area contributed by atoms with Gasteiger partial charge in [-0.15, -0.1) is 0 Å². The van der Waals surface area contributed by atoms with Crippen LogP contribution in [0.2, 0.25) is 0 Å². The van der Waals surface area contributed by atoms with Crippen LogP contribution in [0.4, 0.5) is 0 Å². The summed E-state index contributed by atoms with van der Waals surface area (Å²) in [6.45, 7) is 1.64. The molecule has 0 bridgehead atoms. The molecule has 1 saturated heterocycles.